The van der Waals surface area contributed by atoms with E-state index < -0.39 is 0 Å². The van der Waals surface area contributed by atoms with Crippen LogP contribution in [0.15, 0.2) is 38.6 Å². The Morgan fingerprint density at radius 3 is 2.67 bits per heavy atom. The van der Waals surface area contributed by atoms with Gasteiger partial charge in [-0.05, 0) is 46.3 Å². The van der Waals surface area contributed by atoms with Crippen molar-refractivity contribution >= 4 is 60.4 Å². The van der Waals surface area contributed by atoms with Crippen molar-refractivity contribution in [2.24, 2.45) is 5.73 Å². The summed E-state index contributed by atoms with van der Waals surface area (Å²) in [6.07, 6.45) is 0. The van der Waals surface area contributed by atoms with E-state index in [2.05, 4.69) is 31.9 Å². The van der Waals surface area contributed by atoms with Gasteiger partial charge in [0.15, 0.2) is 0 Å². The van der Waals surface area contributed by atoms with Gasteiger partial charge in [0, 0.05) is 9.35 Å². The first-order valence-electron chi connectivity index (χ1n) is 5.02. The van der Waals surface area contributed by atoms with Crippen LogP contribution >= 0.6 is 55.4 Å². The fraction of sp³-hybridized carbons (Fsp3) is 0.0833. The molecule has 1 heterocycles. The number of nitrogens with two attached hydrogens (primary N) is 1. The van der Waals surface area contributed by atoms with E-state index in [1.165, 1.54) is 0 Å². The van der Waals surface area contributed by atoms with Crippen molar-refractivity contribution in [3.05, 3.63) is 49.0 Å². The summed E-state index contributed by atoms with van der Waals surface area (Å²) in [6.45, 7) is 0.507. The van der Waals surface area contributed by atoms with E-state index in [-0.39, 0.29) is 0 Å². The Morgan fingerprint density at radius 2 is 2.06 bits per heavy atom. The van der Waals surface area contributed by atoms with E-state index in [0.29, 0.717) is 17.3 Å². The van der Waals surface area contributed by atoms with Gasteiger partial charge in [-0.25, -0.2) is 0 Å². The normalized spacial score (nSPS) is 10.3. The highest BCUT2D eigenvalue weighted by Crippen LogP contribution is 2.26. The van der Waals surface area contributed by atoms with Crippen LogP contribution in [0.5, 0.6) is 5.75 Å². The fourth-order valence-electron chi connectivity index (χ4n) is 1.40. The van der Waals surface area contributed by atoms with Crippen LogP contribution in [0.3, 0.4) is 0 Å². The molecule has 2 rings (SSSR count). The molecule has 0 saturated heterocycles. The number of halogens is 2. The largest absolute Gasteiger partial charge is 0.487 e. The molecule has 0 aliphatic heterocycles. The molecule has 2 aromatic rings. The van der Waals surface area contributed by atoms with Crippen molar-refractivity contribution in [3.63, 3.8) is 0 Å². The van der Waals surface area contributed by atoms with E-state index in [9.17, 15) is 0 Å². The SMILES string of the molecule is NC(=S)c1cc(Br)ccc1OCc1ccc(Br)s1. The summed E-state index contributed by atoms with van der Waals surface area (Å²) in [5.41, 5.74) is 6.43. The summed E-state index contributed by atoms with van der Waals surface area (Å²) < 4.78 is 7.77. The lowest BCUT2D eigenvalue weighted by atomic mass is 10.2. The van der Waals surface area contributed by atoms with Gasteiger partial charge in [-0.1, -0.05) is 28.1 Å². The van der Waals surface area contributed by atoms with Gasteiger partial charge in [0.1, 0.15) is 17.3 Å². The molecule has 94 valence electrons. The van der Waals surface area contributed by atoms with Gasteiger partial charge < -0.3 is 10.5 Å². The summed E-state index contributed by atoms with van der Waals surface area (Å²) >= 11 is 13.5. The van der Waals surface area contributed by atoms with Crippen LogP contribution in [-0.2, 0) is 6.61 Å². The van der Waals surface area contributed by atoms with E-state index in [1.807, 2.05) is 30.3 Å². The zero-order chi connectivity index (χ0) is 13.1. The third-order valence-electron chi connectivity index (χ3n) is 2.21. The van der Waals surface area contributed by atoms with Gasteiger partial charge in [0.25, 0.3) is 0 Å². The predicted molar refractivity (Wildman–Crippen MR) is 86.4 cm³/mol. The maximum atomic E-state index is 5.75. The second kappa shape index (κ2) is 6.14. The second-order valence-electron chi connectivity index (χ2n) is 3.50. The monoisotopic (exact) mass is 405 g/mol. The molecule has 0 amide bonds. The number of hydrogen-bond acceptors (Lipinski definition) is 3. The third kappa shape index (κ3) is 3.54. The van der Waals surface area contributed by atoms with Crippen LogP contribution in [0.4, 0.5) is 0 Å². The molecular formula is C12H9Br2NOS2. The van der Waals surface area contributed by atoms with Gasteiger partial charge in [-0.3, -0.25) is 0 Å². The Kier molecular flexibility index (Phi) is 4.77. The molecule has 6 heteroatoms. The molecule has 1 aromatic carbocycles. The van der Waals surface area contributed by atoms with Crippen LogP contribution in [0.2, 0.25) is 0 Å². The van der Waals surface area contributed by atoms with Gasteiger partial charge in [-0.15, -0.1) is 11.3 Å². The van der Waals surface area contributed by atoms with Crippen LogP contribution in [0.25, 0.3) is 0 Å². The molecule has 0 saturated carbocycles. The van der Waals surface area contributed by atoms with Gasteiger partial charge in [0.2, 0.25) is 0 Å². The van der Waals surface area contributed by atoms with Crippen molar-refractivity contribution in [3.8, 4) is 5.75 Å². The van der Waals surface area contributed by atoms with E-state index in [4.69, 9.17) is 22.7 Å². The molecular weight excluding hydrogens is 398 g/mol. The Balaban J connectivity index is 2.16. The minimum Gasteiger partial charge on any atom is -0.487 e. The summed E-state index contributed by atoms with van der Waals surface area (Å²) in [7, 11) is 0. The first-order chi connectivity index (χ1) is 8.56. The maximum absolute atomic E-state index is 5.75. The molecule has 0 fully saturated rings. The Hall–Kier alpha value is -0.430. The molecule has 0 aliphatic carbocycles. The fourth-order valence-corrected chi connectivity index (χ4v) is 3.32. The third-order valence-corrected chi connectivity index (χ3v) is 4.52. The Morgan fingerprint density at radius 1 is 1.28 bits per heavy atom. The zero-order valence-electron chi connectivity index (χ0n) is 9.15. The van der Waals surface area contributed by atoms with Gasteiger partial charge in [0.05, 0.1) is 9.35 Å². The summed E-state index contributed by atoms with van der Waals surface area (Å²) in [5, 5.41) is 0. The molecule has 1 aromatic heterocycles. The smallest absolute Gasteiger partial charge is 0.130 e. The topological polar surface area (TPSA) is 35.2 Å². The Labute approximate surface area is 131 Å². The zero-order valence-corrected chi connectivity index (χ0v) is 14.0. The predicted octanol–water partition coefficient (Wildman–Crippen LogP) is 4.49. The van der Waals surface area contributed by atoms with Crippen LogP contribution in [0, 0.1) is 0 Å². The van der Waals surface area contributed by atoms with Crippen molar-refractivity contribution in [2.75, 3.05) is 0 Å². The number of rotatable bonds is 4. The molecule has 2 N–H and O–H groups in total. The summed E-state index contributed by atoms with van der Waals surface area (Å²) in [4.78, 5) is 1.47. The van der Waals surface area contributed by atoms with Crippen LogP contribution in [0.1, 0.15) is 10.4 Å². The van der Waals surface area contributed by atoms with Crippen LogP contribution < -0.4 is 10.5 Å². The van der Waals surface area contributed by atoms with Crippen LogP contribution in [-0.4, -0.2) is 4.99 Å². The lowest BCUT2D eigenvalue weighted by Crippen LogP contribution is -2.11. The molecule has 0 aliphatic rings. The molecule has 0 radical (unpaired) electrons. The first kappa shape index (κ1) is 14.0. The van der Waals surface area contributed by atoms with E-state index in [1.54, 1.807) is 11.3 Å². The molecule has 2 nitrogen and oxygen atoms in total. The van der Waals surface area contributed by atoms with Gasteiger partial charge >= 0.3 is 0 Å². The number of thiocarbonyl (C=S) groups is 1. The lowest BCUT2D eigenvalue weighted by Gasteiger charge is -2.10. The quantitative estimate of drug-likeness (QED) is 0.760. The lowest BCUT2D eigenvalue weighted by molar-refractivity contribution is 0.309. The highest BCUT2D eigenvalue weighted by Gasteiger charge is 2.08. The maximum Gasteiger partial charge on any atom is 0.130 e. The minimum atomic E-state index is 0.332. The standard InChI is InChI=1S/C12H9Br2NOS2/c13-7-1-3-10(9(5-7)12(15)17)16-6-8-2-4-11(14)18-8/h1-5H,6H2,(H2,15,17). The van der Waals surface area contributed by atoms with Gasteiger partial charge in [-0.2, -0.15) is 0 Å². The minimum absolute atomic E-state index is 0.332. The molecule has 0 bridgehead atoms. The van der Waals surface area contributed by atoms with E-state index >= 15 is 0 Å². The summed E-state index contributed by atoms with van der Waals surface area (Å²) in [6, 6.07) is 9.65. The molecule has 0 unspecified atom stereocenters. The number of thiophene rings is 1. The van der Waals surface area contributed by atoms with Crippen molar-refractivity contribution in [1.29, 1.82) is 0 Å². The average molecular weight is 407 g/mol. The molecule has 0 atom stereocenters. The van der Waals surface area contributed by atoms with Crippen molar-refractivity contribution in [1.82, 2.24) is 0 Å². The highest BCUT2D eigenvalue weighted by atomic mass is 79.9. The number of hydrogen-bond donors (Lipinski definition) is 1. The molecule has 18 heavy (non-hydrogen) atoms. The average Bonchev–Trinajstić information content (AvgIpc) is 2.73. The number of benzene rings is 1. The first-order valence-corrected chi connectivity index (χ1v) is 7.83. The van der Waals surface area contributed by atoms with Crippen molar-refractivity contribution < 1.29 is 4.74 Å². The molecule has 0 spiro atoms. The summed E-state index contributed by atoms with van der Waals surface area (Å²) in [5.74, 6) is 0.704. The number of ether oxygens (including phenoxy) is 1. The van der Waals surface area contributed by atoms with Crippen molar-refractivity contribution in [2.45, 2.75) is 6.61 Å². The highest BCUT2D eigenvalue weighted by molar-refractivity contribution is 9.11. The Bertz CT molecular complexity index is 583. The second-order valence-corrected chi connectivity index (χ2v) is 7.40. The van der Waals surface area contributed by atoms with E-state index in [0.717, 1.165) is 18.7 Å².